The summed E-state index contributed by atoms with van der Waals surface area (Å²) in [6.07, 6.45) is 4.06. The number of urea groups is 1. The van der Waals surface area contributed by atoms with E-state index in [0.29, 0.717) is 64.7 Å². The van der Waals surface area contributed by atoms with Gasteiger partial charge in [-0.05, 0) is 74.4 Å². The zero-order chi connectivity index (χ0) is 35.3. The molecule has 2 aromatic heterocycles. The lowest BCUT2D eigenvalue weighted by Gasteiger charge is -2.35. The molecule has 0 unspecified atom stereocenters. The number of nitrogens with zero attached hydrogens (tertiary/aromatic N) is 3. The number of rotatable bonds is 11. The highest BCUT2D eigenvalue weighted by Crippen LogP contribution is 2.30. The van der Waals surface area contributed by atoms with Gasteiger partial charge in [-0.15, -0.1) is 0 Å². The molecule has 0 spiro atoms. The van der Waals surface area contributed by atoms with Gasteiger partial charge in [-0.25, -0.2) is 9.59 Å². The maximum absolute atomic E-state index is 14.5. The van der Waals surface area contributed by atoms with Crippen molar-refractivity contribution in [2.45, 2.75) is 69.6 Å². The predicted octanol–water partition coefficient (Wildman–Crippen LogP) is 3.97. The molecule has 0 saturated carbocycles. The number of imidazole rings is 1. The Morgan fingerprint density at radius 1 is 0.882 bits per heavy atom. The molecule has 5 aromatic rings. The van der Waals surface area contributed by atoms with Gasteiger partial charge in [0.2, 0.25) is 11.8 Å². The molecule has 2 aliphatic rings. The van der Waals surface area contributed by atoms with E-state index in [1.165, 1.54) is 0 Å². The van der Waals surface area contributed by atoms with E-state index in [1.54, 1.807) is 14.4 Å². The molecule has 6 N–H and O–H groups in total. The number of aromatic amines is 2. The first kappa shape index (κ1) is 34.1. The van der Waals surface area contributed by atoms with Crippen molar-refractivity contribution in [3.8, 4) is 0 Å². The van der Waals surface area contributed by atoms with Crippen LogP contribution in [0.15, 0.2) is 83.7 Å². The standard InChI is InChI=1S/C39H46N8O4/c40-20-9-8-16-35(36(48)41-21-17-26-10-2-1-3-11-26)46-25-33-29(28-12-4-5-13-30(28)42-33)24-32(37(46)49)44-38(50)45-22-18-27(19-23-45)47-34-15-7-6-14-31(34)43-39(47)51/h1-7,10-15,27,32,35,42H,8-9,16-25,40H2,(H,41,48)(H,43,51)(H,44,50)/t32-,35+/m1/s1. The van der Waals surface area contributed by atoms with E-state index in [0.717, 1.165) is 45.2 Å². The normalized spacial score (nSPS) is 17.4. The number of hydrogen-bond donors (Lipinski definition) is 5. The Labute approximate surface area is 296 Å². The van der Waals surface area contributed by atoms with Gasteiger partial charge in [0, 0.05) is 48.7 Å². The van der Waals surface area contributed by atoms with Crippen LogP contribution in [0.25, 0.3) is 21.9 Å². The fourth-order valence-electron chi connectivity index (χ4n) is 7.75. The van der Waals surface area contributed by atoms with Crippen LogP contribution < -0.4 is 22.1 Å². The van der Waals surface area contributed by atoms with E-state index >= 15 is 0 Å². The Kier molecular flexibility index (Phi) is 10.2. The molecule has 266 valence electrons. The van der Waals surface area contributed by atoms with Gasteiger partial charge >= 0.3 is 11.7 Å². The Morgan fingerprint density at radius 2 is 1.61 bits per heavy atom. The van der Waals surface area contributed by atoms with Crippen molar-refractivity contribution in [1.82, 2.24) is 35.0 Å². The van der Waals surface area contributed by atoms with Crippen LogP contribution in [-0.4, -0.2) is 80.4 Å². The summed E-state index contributed by atoms with van der Waals surface area (Å²) >= 11 is 0. The lowest BCUT2D eigenvalue weighted by Crippen LogP contribution is -2.57. The number of hydrogen-bond acceptors (Lipinski definition) is 5. The zero-order valence-corrected chi connectivity index (χ0v) is 28.8. The highest BCUT2D eigenvalue weighted by molar-refractivity contribution is 5.94. The summed E-state index contributed by atoms with van der Waals surface area (Å²) < 4.78 is 1.80. The van der Waals surface area contributed by atoms with Gasteiger partial charge in [-0.1, -0.05) is 60.7 Å². The second-order valence-electron chi connectivity index (χ2n) is 13.7. The van der Waals surface area contributed by atoms with Crippen molar-refractivity contribution in [2.75, 3.05) is 26.2 Å². The molecule has 1 fully saturated rings. The molecule has 51 heavy (non-hydrogen) atoms. The number of nitrogens with one attached hydrogen (secondary N) is 4. The minimum Gasteiger partial charge on any atom is -0.357 e. The third kappa shape index (κ3) is 7.27. The molecular formula is C39H46N8O4. The van der Waals surface area contributed by atoms with Crippen LogP contribution in [0.1, 0.15) is 55.0 Å². The first-order valence-electron chi connectivity index (χ1n) is 18.1. The van der Waals surface area contributed by atoms with Gasteiger partial charge in [0.1, 0.15) is 12.1 Å². The number of piperidine rings is 1. The summed E-state index contributed by atoms with van der Waals surface area (Å²) in [6, 6.07) is 23.6. The highest BCUT2D eigenvalue weighted by Gasteiger charge is 2.39. The largest absolute Gasteiger partial charge is 0.357 e. The lowest BCUT2D eigenvalue weighted by molar-refractivity contribution is -0.142. The molecule has 0 radical (unpaired) electrons. The minimum atomic E-state index is -0.874. The van der Waals surface area contributed by atoms with Crippen LogP contribution >= 0.6 is 0 Å². The Hall–Kier alpha value is -5.36. The number of carbonyl (C=O) groups is 3. The van der Waals surface area contributed by atoms with Crippen molar-refractivity contribution in [3.63, 3.8) is 0 Å². The molecule has 2 aliphatic heterocycles. The average molecular weight is 691 g/mol. The van der Waals surface area contributed by atoms with E-state index < -0.39 is 12.1 Å². The molecule has 7 rings (SSSR count). The monoisotopic (exact) mass is 690 g/mol. The summed E-state index contributed by atoms with van der Waals surface area (Å²) in [6.45, 7) is 2.04. The topological polar surface area (TPSA) is 161 Å². The summed E-state index contributed by atoms with van der Waals surface area (Å²) in [5.74, 6) is -0.497. The minimum absolute atomic E-state index is 0.0452. The van der Waals surface area contributed by atoms with Crippen LogP contribution in [0.2, 0.25) is 0 Å². The van der Waals surface area contributed by atoms with Crippen LogP contribution in [0, 0.1) is 0 Å². The number of nitrogens with two attached hydrogens (primary N) is 1. The van der Waals surface area contributed by atoms with E-state index in [1.807, 2.05) is 78.9 Å². The van der Waals surface area contributed by atoms with Gasteiger partial charge in [0.15, 0.2) is 0 Å². The van der Waals surface area contributed by atoms with E-state index in [2.05, 4.69) is 20.6 Å². The average Bonchev–Trinajstić information content (AvgIpc) is 3.64. The fourth-order valence-corrected chi connectivity index (χ4v) is 7.75. The van der Waals surface area contributed by atoms with Gasteiger partial charge in [-0.3, -0.25) is 14.2 Å². The molecular weight excluding hydrogens is 644 g/mol. The first-order chi connectivity index (χ1) is 24.9. The molecule has 2 atom stereocenters. The Balaban J connectivity index is 1.10. The Morgan fingerprint density at radius 3 is 2.39 bits per heavy atom. The number of amides is 4. The molecule has 0 aliphatic carbocycles. The number of likely N-dealkylation sites (tertiary alicyclic amines) is 1. The third-order valence-electron chi connectivity index (χ3n) is 10.4. The number of H-pyrrole nitrogens is 2. The van der Waals surface area contributed by atoms with Crippen molar-refractivity contribution in [2.24, 2.45) is 5.73 Å². The van der Waals surface area contributed by atoms with Crippen LogP contribution in [0.4, 0.5) is 4.79 Å². The lowest BCUT2D eigenvalue weighted by atomic mass is 10.0. The second-order valence-corrected chi connectivity index (χ2v) is 13.7. The number of carbonyl (C=O) groups excluding carboxylic acids is 3. The van der Waals surface area contributed by atoms with E-state index in [4.69, 9.17) is 5.73 Å². The number of para-hydroxylation sites is 3. The second kappa shape index (κ2) is 15.3. The molecule has 0 bridgehead atoms. The van der Waals surface area contributed by atoms with Crippen molar-refractivity contribution in [3.05, 3.63) is 106 Å². The van der Waals surface area contributed by atoms with Crippen molar-refractivity contribution >= 4 is 39.8 Å². The highest BCUT2D eigenvalue weighted by atomic mass is 16.2. The van der Waals surface area contributed by atoms with Crippen LogP contribution in [-0.2, 0) is 29.0 Å². The number of fused-ring (bicyclic) bond motifs is 4. The molecule has 3 aromatic carbocycles. The van der Waals surface area contributed by atoms with E-state index in [-0.39, 0.29) is 36.1 Å². The predicted molar refractivity (Wildman–Crippen MR) is 197 cm³/mol. The van der Waals surface area contributed by atoms with E-state index in [9.17, 15) is 19.2 Å². The number of aromatic nitrogens is 3. The van der Waals surface area contributed by atoms with Crippen LogP contribution in [0.3, 0.4) is 0 Å². The Bertz CT molecular complexity index is 2060. The molecule has 4 heterocycles. The maximum atomic E-state index is 14.5. The maximum Gasteiger partial charge on any atom is 0.326 e. The zero-order valence-electron chi connectivity index (χ0n) is 28.8. The first-order valence-corrected chi connectivity index (χ1v) is 18.1. The van der Waals surface area contributed by atoms with Gasteiger partial charge in [-0.2, -0.15) is 0 Å². The summed E-state index contributed by atoms with van der Waals surface area (Å²) in [5, 5.41) is 7.16. The smallest absolute Gasteiger partial charge is 0.326 e. The molecule has 1 saturated heterocycles. The van der Waals surface area contributed by atoms with Gasteiger partial charge in [0.05, 0.1) is 17.6 Å². The number of benzene rings is 3. The van der Waals surface area contributed by atoms with Crippen molar-refractivity contribution in [1.29, 1.82) is 0 Å². The summed E-state index contributed by atoms with van der Waals surface area (Å²) in [7, 11) is 0. The van der Waals surface area contributed by atoms with Crippen LogP contribution in [0.5, 0.6) is 0 Å². The number of unbranched alkanes of at least 4 members (excludes halogenated alkanes) is 1. The SMILES string of the molecule is NCCCC[C@@H](C(=O)NCCc1ccccc1)N1Cc2[nH]c3ccccc3c2C[C@@H](NC(=O)N2CCC(n3c(=O)[nH]c4ccccc43)CC2)C1=O. The van der Waals surface area contributed by atoms with Gasteiger partial charge in [0.25, 0.3) is 0 Å². The summed E-state index contributed by atoms with van der Waals surface area (Å²) in [5.41, 5.74) is 11.2. The molecule has 12 heteroatoms. The van der Waals surface area contributed by atoms with Crippen molar-refractivity contribution < 1.29 is 14.4 Å². The third-order valence-corrected chi connectivity index (χ3v) is 10.4. The molecule has 12 nitrogen and oxygen atoms in total. The van der Waals surface area contributed by atoms with Gasteiger partial charge < -0.3 is 36.1 Å². The fraction of sp³-hybridized carbons (Fsp3) is 0.385. The summed E-state index contributed by atoms with van der Waals surface area (Å²) in [4.78, 5) is 65.0. The molecule has 4 amide bonds. The quantitative estimate of drug-likeness (QED) is 0.132.